The van der Waals surface area contributed by atoms with Crippen molar-refractivity contribution in [1.29, 1.82) is 5.26 Å². The van der Waals surface area contributed by atoms with Crippen molar-refractivity contribution in [1.82, 2.24) is 10.2 Å². The van der Waals surface area contributed by atoms with Crippen LogP contribution in [0.25, 0.3) is 11.6 Å². The maximum atomic E-state index is 12.8. The Morgan fingerprint density at radius 1 is 1.67 bits per heavy atom. The number of allylic oxidation sites excluding steroid dienone is 2. The van der Waals surface area contributed by atoms with E-state index in [1.807, 2.05) is 13.0 Å². The van der Waals surface area contributed by atoms with E-state index < -0.39 is 0 Å². The summed E-state index contributed by atoms with van der Waals surface area (Å²) in [6.07, 6.45) is 5.66. The summed E-state index contributed by atoms with van der Waals surface area (Å²) in [7, 11) is 0. The zero-order valence-electron chi connectivity index (χ0n) is 14.4. The predicted molar refractivity (Wildman–Crippen MR) is 98.7 cm³/mol. The van der Waals surface area contributed by atoms with Gasteiger partial charge in [-0.1, -0.05) is 25.7 Å². The molecule has 1 aromatic rings. The summed E-state index contributed by atoms with van der Waals surface area (Å²) >= 11 is 1.37. The third-order valence-corrected chi connectivity index (χ3v) is 6.82. The minimum absolute atomic E-state index is 0.0426. The van der Waals surface area contributed by atoms with E-state index in [1.165, 1.54) is 11.3 Å². The number of hydrogen-bond donors (Lipinski definition) is 1. The first-order valence-electron chi connectivity index (χ1n) is 8.40. The Kier molecular flexibility index (Phi) is 4.37. The fourth-order valence-corrected chi connectivity index (χ4v) is 5.00. The molecule has 3 rings (SSSR count). The molecule has 24 heavy (non-hydrogen) atoms. The highest BCUT2D eigenvalue weighted by Gasteiger charge is 2.60. The monoisotopic (exact) mass is 341 g/mol. The predicted octanol–water partition coefficient (Wildman–Crippen LogP) is 3.67. The summed E-state index contributed by atoms with van der Waals surface area (Å²) in [6, 6.07) is 4.72. The number of thiophene rings is 1. The van der Waals surface area contributed by atoms with Gasteiger partial charge >= 0.3 is 0 Å². The van der Waals surface area contributed by atoms with Gasteiger partial charge in [0.05, 0.1) is 21.4 Å². The molecule has 3 atom stereocenters. The Bertz CT molecular complexity index is 757. The van der Waals surface area contributed by atoms with Crippen LogP contribution in [0.15, 0.2) is 18.7 Å². The van der Waals surface area contributed by atoms with Crippen LogP contribution in [-0.4, -0.2) is 35.0 Å². The molecule has 4 nitrogen and oxygen atoms in total. The van der Waals surface area contributed by atoms with Gasteiger partial charge in [-0.25, -0.2) is 0 Å². The average Bonchev–Trinajstić information content (AvgIpc) is 2.98. The van der Waals surface area contributed by atoms with Gasteiger partial charge in [-0.3, -0.25) is 9.69 Å². The van der Waals surface area contributed by atoms with Gasteiger partial charge in [0.2, 0.25) is 0 Å². The molecule has 2 saturated heterocycles. The second-order valence-corrected chi connectivity index (χ2v) is 7.68. The van der Waals surface area contributed by atoms with Crippen molar-refractivity contribution in [3.8, 4) is 6.07 Å². The van der Waals surface area contributed by atoms with Gasteiger partial charge in [-0.15, -0.1) is 11.3 Å². The Labute approximate surface area is 147 Å². The highest BCUT2D eigenvalue weighted by atomic mass is 32.1. The van der Waals surface area contributed by atoms with Crippen LogP contribution in [0.5, 0.6) is 0 Å². The van der Waals surface area contributed by atoms with Gasteiger partial charge in [0.15, 0.2) is 0 Å². The lowest BCUT2D eigenvalue weighted by Gasteiger charge is -2.68. The molecular formula is C19H23N3OS. The molecule has 1 N–H and O–H groups in total. The van der Waals surface area contributed by atoms with E-state index in [4.69, 9.17) is 0 Å². The smallest absolute Gasteiger partial charge is 0.261 e. The Morgan fingerprint density at radius 2 is 2.42 bits per heavy atom. The first-order chi connectivity index (χ1) is 11.5. The number of piperidine rings is 1. The molecule has 1 amide bonds. The highest BCUT2D eigenvalue weighted by molar-refractivity contribution is 7.15. The van der Waals surface area contributed by atoms with E-state index in [0.717, 1.165) is 29.8 Å². The van der Waals surface area contributed by atoms with E-state index in [-0.39, 0.29) is 17.5 Å². The second kappa shape index (κ2) is 6.19. The molecule has 2 aliphatic rings. The van der Waals surface area contributed by atoms with Crippen molar-refractivity contribution < 1.29 is 4.79 Å². The van der Waals surface area contributed by atoms with Crippen LogP contribution in [0, 0.1) is 11.3 Å². The van der Waals surface area contributed by atoms with E-state index in [0.29, 0.717) is 16.5 Å². The summed E-state index contributed by atoms with van der Waals surface area (Å²) in [6.45, 7) is 11.2. The fourth-order valence-electron chi connectivity index (χ4n) is 3.91. The van der Waals surface area contributed by atoms with Crippen molar-refractivity contribution >= 4 is 28.9 Å². The number of rotatable bonds is 5. The zero-order valence-corrected chi connectivity index (χ0v) is 15.2. The van der Waals surface area contributed by atoms with Gasteiger partial charge in [-0.05, 0) is 38.3 Å². The molecule has 0 bridgehead atoms. The van der Waals surface area contributed by atoms with Crippen LogP contribution in [0.1, 0.15) is 53.7 Å². The minimum atomic E-state index is -0.0426. The van der Waals surface area contributed by atoms with Gasteiger partial charge < -0.3 is 5.32 Å². The van der Waals surface area contributed by atoms with E-state index >= 15 is 0 Å². The number of hydrogen-bond acceptors (Lipinski definition) is 4. The standard InChI is InChI=1S/C19H23N3OS/c1-5-12-10-15(24-16(12)13(6-2)11-20)18(23)21-17-14-8-9-22(14)19(17,4)7-3/h5-6,10,14,17H,1,7-9H2,2-4H3,(H,21,23)/b13-6-. The van der Waals surface area contributed by atoms with Gasteiger partial charge in [0.1, 0.15) is 6.07 Å². The number of amides is 1. The van der Waals surface area contributed by atoms with Crippen molar-refractivity contribution in [3.63, 3.8) is 0 Å². The highest BCUT2D eigenvalue weighted by Crippen LogP contribution is 2.46. The van der Waals surface area contributed by atoms with Crippen molar-refractivity contribution in [2.75, 3.05) is 6.54 Å². The lowest BCUT2D eigenvalue weighted by atomic mass is 9.66. The first-order valence-corrected chi connectivity index (χ1v) is 9.22. The van der Waals surface area contributed by atoms with Crippen LogP contribution in [0.4, 0.5) is 0 Å². The normalized spacial score (nSPS) is 29.0. The molecule has 3 unspecified atom stereocenters. The SMILES string of the molecule is C=Cc1cc(C(=O)NC2C3CCN3C2(C)CC)sc1/C(C#N)=C\C. The average molecular weight is 341 g/mol. The molecule has 0 saturated carbocycles. The van der Waals surface area contributed by atoms with Crippen LogP contribution in [-0.2, 0) is 0 Å². The minimum Gasteiger partial charge on any atom is -0.345 e. The quantitative estimate of drug-likeness (QED) is 0.831. The summed E-state index contributed by atoms with van der Waals surface area (Å²) in [5, 5.41) is 12.5. The molecule has 0 radical (unpaired) electrons. The number of nitriles is 1. The third-order valence-electron chi connectivity index (χ3n) is 5.64. The Morgan fingerprint density at radius 3 is 2.92 bits per heavy atom. The topological polar surface area (TPSA) is 56.1 Å². The van der Waals surface area contributed by atoms with E-state index in [9.17, 15) is 10.1 Å². The number of nitrogens with zero attached hydrogens (tertiary/aromatic N) is 2. The fraction of sp³-hybridized carbons (Fsp3) is 0.474. The van der Waals surface area contributed by atoms with Gasteiger partial charge in [0, 0.05) is 18.1 Å². The molecule has 3 heterocycles. The molecule has 5 heteroatoms. The number of nitrogens with one attached hydrogen (secondary N) is 1. The summed E-state index contributed by atoms with van der Waals surface area (Å²) in [4.78, 5) is 16.7. The molecule has 0 aromatic carbocycles. The molecule has 2 aliphatic heterocycles. The maximum Gasteiger partial charge on any atom is 0.261 e. The third kappa shape index (κ3) is 2.33. The Balaban J connectivity index is 1.81. The molecule has 126 valence electrons. The van der Waals surface area contributed by atoms with Crippen LogP contribution in [0.3, 0.4) is 0 Å². The number of carbonyl (C=O) groups excluding carboxylic acids is 1. The van der Waals surface area contributed by atoms with Gasteiger partial charge in [-0.2, -0.15) is 5.26 Å². The lowest BCUT2D eigenvalue weighted by molar-refractivity contribution is -0.160. The van der Waals surface area contributed by atoms with Crippen molar-refractivity contribution in [3.05, 3.63) is 34.0 Å². The van der Waals surface area contributed by atoms with Crippen molar-refractivity contribution in [2.45, 2.75) is 51.2 Å². The molecular weight excluding hydrogens is 318 g/mol. The lowest BCUT2D eigenvalue weighted by Crippen LogP contribution is -2.84. The van der Waals surface area contributed by atoms with Crippen LogP contribution < -0.4 is 5.32 Å². The molecule has 1 aromatic heterocycles. The maximum absolute atomic E-state index is 12.8. The zero-order chi connectivity index (χ0) is 17.5. The molecule has 2 fully saturated rings. The van der Waals surface area contributed by atoms with Gasteiger partial charge in [0.25, 0.3) is 5.91 Å². The van der Waals surface area contributed by atoms with Crippen molar-refractivity contribution in [2.24, 2.45) is 0 Å². The van der Waals surface area contributed by atoms with Crippen LogP contribution >= 0.6 is 11.3 Å². The number of carbonyl (C=O) groups is 1. The van der Waals surface area contributed by atoms with Crippen LogP contribution in [0.2, 0.25) is 0 Å². The summed E-state index contributed by atoms with van der Waals surface area (Å²) in [5.41, 5.74) is 1.50. The Hall–Kier alpha value is -1.90. The number of fused-ring (bicyclic) bond motifs is 1. The molecule has 0 aliphatic carbocycles. The van der Waals surface area contributed by atoms with E-state index in [2.05, 4.69) is 36.7 Å². The van der Waals surface area contributed by atoms with E-state index in [1.54, 1.807) is 12.2 Å². The largest absolute Gasteiger partial charge is 0.345 e. The summed E-state index contributed by atoms with van der Waals surface area (Å²) < 4.78 is 0. The second-order valence-electron chi connectivity index (χ2n) is 6.62. The first kappa shape index (κ1) is 16.9. The summed E-state index contributed by atoms with van der Waals surface area (Å²) in [5.74, 6) is -0.0426. The molecule has 0 spiro atoms.